The molecule has 0 aromatic rings. The zero-order valence-electron chi connectivity index (χ0n) is 6.46. The number of aliphatic carboxylic acids is 1. The van der Waals surface area contributed by atoms with E-state index in [9.17, 15) is 4.79 Å². The molecule has 1 aliphatic heterocycles. The number of carbonyl (C=O) groups is 1. The van der Waals surface area contributed by atoms with Crippen molar-refractivity contribution in [3.8, 4) is 0 Å². The Kier molecular flexibility index (Phi) is 1.76. The summed E-state index contributed by atoms with van der Waals surface area (Å²) >= 11 is 0. The van der Waals surface area contributed by atoms with Crippen molar-refractivity contribution in [1.82, 2.24) is 0 Å². The number of hydrogen-bond donors (Lipinski definition) is 1. The van der Waals surface area contributed by atoms with Gasteiger partial charge in [0.1, 0.15) is 11.7 Å². The van der Waals surface area contributed by atoms with E-state index in [-0.39, 0.29) is 6.79 Å². The van der Waals surface area contributed by atoms with Crippen LogP contribution in [0.2, 0.25) is 0 Å². The van der Waals surface area contributed by atoms with Crippen LogP contribution in [-0.2, 0) is 14.3 Å². The third kappa shape index (κ3) is 1.29. The summed E-state index contributed by atoms with van der Waals surface area (Å²) in [5.41, 5.74) is -0.990. The summed E-state index contributed by atoms with van der Waals surface area (Å²) in [4.78, 5) is 10.6. The quantitative estimate of drug-likeness (QED) is 0.649. The molecule has 0 unspecified atom stereocenters. The average molecular weight is 158 g/mol. The molecule has 0 amide bonds. The second kappa shape index (κ2) is 2.45. The average Bonchev–Trinajstić information content (AvgIpc) is 2.37. The standard InChI is InChI=1S/C7H10O4/c1-7(2,6(8)9)5-3-10-4-11-5/h3H,4H2,1-2H3,(H,8,9). The summed E-state index contributed by atoms with van der Waals surface area (Å²) in [6, 6.07) is 0. The molecule has 1 rings (SSSR count). The monoisotopic (exact) mass is 158 g/mol. The lowest BCUT2D eigenvalue weighted by atomic mass is 9.92. The van der Waals surface area contributed by atoms with Gasteiger partial charge in [-0.2, -0.15) is 0 Å². The molecule has 0 bridgehead atoms. The summed E-state index contributed by atoms with van der Waals surface area (Å²) in [5, 5.41) is 8.73. The van der Waals surface area contributed by atoms with Gasteiger partial charge in [0, 0.05) is 0 Å². The number of hydrogen-bond acceptors (Lipinski definition) is 3. The number of ether oxygens (including phenoxy) is 2. The topological polar surface area (TPSA) is 55.8 Å². The molecule has 1 N–H and O–H groups in total. The van der Waals surface area contributed by atoms with Gasteiger partial charge >= 0.3 is 5.97 Å². The van der Waals surface area contributed by atoms with E-state index >= 15 is 0 Å². The van der Waals surface area contributed by atoms with Crippen molar-refractivity contribution in [1.29, 1.82) is 0 Å². The van der Waals surface area contributed by atoms with E-state index in [4.69, 9.17) is 14.6 Å². The van der Waals surface area contributed by atoms with Crippen LogP contribution in [0.25, 0.3) is 0 Å². The number of carboxylic acids is 1. The van der Waals surface area contributed by atoms with Crippen LogP contribution < -0.4 is 0 Å². The fraction of sp³-hybridized carbons (Fsp3) is 0.571. The van der Waals surface area contributed by atoms with Gasteiger partial charge in [-0.05, 0) is 13.8 Å². The van der Waals surface area contributed by atoms with Crippen molar-refractivity contribution in [3.05, 3.63) is 12.0 Å². The van der Waals surface area contributed by atoms with Gasteiger partial charge in [0.05, 0.1) is 0 Å². The lowest BCUT2D eigenvalue weighted by Crippen LogP contribution is -2.26. The van der Waals surface area contributed by atoms with E-state index in [2.05, 4.69) is 0 Å². The zero-order valence-corrected chi connectivity index (χ0v) is 6.46. The largest absolute Gasteiger partial charge is 0.481 e. The van der Waals surface area contributed by atoms with Crippen LogP contribution in [-0.4, -0.2) is 17.9 Å². The summed E-state index contributed by atoms with van der Waals surface area (Å²) in [7, 11) is 0. The molecule has 0 fully saturated rings. The summed E-state index contributed by atoms with van der Waals surface area (Å²) < 4.78 is 9.68. The molecule has 0 spiro atoms. The van der Waals surface area contributed by atoms with Crippen LogP contribution in [0.4, 0.5) is 0 Å². The van der Waals surface area contributed by atoms with E-state index < -0.39 is 11.4 Å². The highest BCUT2D eigenvalue weighted by molar-refractivity contribution is 5.76. The Morgan fingerprint density at radius 2 is 2.36 bits per heavy atom. The minimum Gasteiger partial charge on any atom is -0.481 e. The van der Waals surface area contributed by atoms with Crippen LogP contribution in [0.1, 0.15) is 13.8 Å². The van der Waals surface area contributed by atoms with Crippen LogP contribution in [0.5, 0.6) is 0 Å². The van der Waals surface area contributed by atoms with Gasteiger partial charge in [-0.3, -0.25) is 4.79 Å². The Morgan fingerprint density at radius 3 is 2.73 bits per heavy atom. The van der Waals surface area contributed by atoms with Crippen molar-refractivity contribution in [2.45, 2.75) is 13.8 Å². The predicted molar refractivity (Wildman–Crippen MR) is 36.5 cm³/mol. The van der Waals surface area contributed by atoms with Gasteiger partial charge in [0.2, 0.25) is 6.79 Å². The van der Waals surface area contributed by atoms with Gasteiger partial charge in [-0.1, -0.05) is 0 Å². The first kappa shape index (κ1) is 7.91. The first-order valence-electron chi connectivity index (χ1n) is 3.23. The van der Waals surface area contributed by atoms with Gasteiger partial charge in [0.15, 0.2) is 5.76 Å². The smallest absolute Gasteiger partial charge is 0.316 e. The zero-order chi connectivity index (χ0) is 8.48. The third-order valence-corrected chi connectivity index (χ3v) is 1.62. The highest BCUT2D eigenvalue weighted by atomic mass is 16.7. The van der Waals surface area contributed by atoms with Crippen LogP contribution >= 0.6 is 0 Å². The van der Waals surface area contributed by atoms with Crippen molar-refractivity contribution < 1.29 is 19.4 Å². The Labute approximate surface area is 64.4 Å². The molecule has 0 aromatic heterocycles. The Balaban J connectivity index is 2.79. The minimum atomic E-state index is -0.990. The summed E-state index contributed by atoms with van der Waals surface area (Å²) in [5.74, 6) is -0.556. The van der Waals surface area contributed by atoms with E-state index in [1.54, 1.807) is 13.8 Å². The molecule has 1 aliphatic rings. The maximum Gasteiger partial charge on any atom is 0.316 e. The van der Waals surface area contributed by atoms with Crippen molar-refractivity contribution in [2.75, 3.05) is 6.79 Å². The molecule has 0 aromatic carbocycles. The molecule has 0 aliphatic carbocycles. The molecule has 0 atom stereocenters. The molecular formula is C7H10O4. The maximum atomic E-state index is 10.6. The predicted octanol–water partition coefficient (Wildman–Crippen LogP) is 0.943. The van der Waals surface area contributed by atoms with E-state index in [1.165, 1.54) is 6.26 Å². The molecule has 0 radical (unpaired) electrons. The lowest BCUT2D eigenvalue weighted by molar-refractivity contribution is -0.146. The molecule has 11 heavy (non-hydrogen) atoms. The van der Waals surface area contributed by atoms with Crippen LogP contribution in [0, 0.1) is 5.41 Å². The molecule has 0 saturated carbocycles. The highest BCUT2D eigenvalue weighted by Gasteiger charge is 2.35. The molecule has 62 valence electrons. The molecular weight excluding hydrogens is 148 g/mol. The van der Waals surface area contributed by atoms with E-state index in [0.29, 0.717) is 5.76 Å². The maximum absolute atomic E-state index is 10.6. The van der Waals surface area contributed by atoms with Gasteiger partial charge in [0.25, 0.3) is 0 Å². The first-order chi connectivity index (χ1) is 5.05. The normalized spacial score (nSPS) is 16.7. The van der Waals surface area contributed by atoms with Gasteiger partial charge in [-0.25, -0.2) is 0 Å². The highest BCUT2D eigenvalue weighted by Crippen LogP contribution is 2.29. The van der Waals surface area contributed by atoms with Crippen molar-refractivity contribution in [3.63, 3.8) is 0 Å². The fourth-order valence-corrected chi connectivity index (χ4v) is 0.674. The molecule has 0 saturated heterocycles. The second-order valence-electron chi connectivity index (χ2n) is 2.84. The number of rotatable bonds is 2. The van der Waals surface area contributed by atoms with Crippen LogP contribution in [0.15, 0.2) is 12.0 Å². The SMILES string of the molecule is CC(C)(C(=O)O)C1=COCO1. The van der Waals surface area contributed by atoms with E-state index in [1.807, 2.05) is 0 Å². The molecule has 4 heteroatoms. The molecule has 1 heterocycles. The fourth-order valence-electron chi connectivity index (χ4n) is 0.674. The Bertz CT molecular complexity index is 204. The third-order valence-electron chi connectivity index (χ3n) is 1.62. The van der Waals surface area contributed by atoms with E-state index in [0.717, 1.165) is 0 Å². The first-order valence-corrected chi connectivity index (χ1v) is 3.23. The number of carboxylic acid groups (broad SMARTS) is 1. The lowest BCUT2D eigenvalue weighted by Gasteiger charge is -2.17. The van der Waals surface area contributed by atoms with Crippen molar-refractivity contribution >= 4 is 5.97 Å². The Hall–Kier alpha value is -1.19. The second-order valence-corrected chi connectivity index (χ2v) is 2.84. The summed E-state index contributed by atoms with van der Waals surface area (Å²) in [6.07, 6.45) is 1.34. The van der Waals surface area contributed by atoms with Crippen LogP contribution in [0.3, 0.4) is 0 Å². The minimum absolute atomic E-state index is 0.117. The molecule has 4 nitrogen and oxygen atoms in total. The Morgan fingerprint density at radius 1 is 1.73 bits per heavy atom. The van der Waals surface area contributed by atoms with Gasteiger partial charge < -0.3 is 14.6 Å². The summed E-state index contributed by atoms with van der Waals surface area (Å²) in [6.45, 7) is 3.25. The van der Waals surface area contributed by atoms with Crippen molar-refractivity contribution in [2.24, 2.45) is 5.41 Å². The van der Waals surface area contributed by atoms with Gasteiger partial charge in [-0.15, -0.1) is 0 Å².